The van der Waals surface area contributed by atoms with Gasteiger partial charge in [0.15, 0.2) is 18.1 Å². The third-order valence-electron chi connectivity index (χ3n) is 5.02. The predicted molar refractivity (Wildman–Crippen MR) is 150 cm³/mol. The number of carbonyl (C=O) groups excluding carboxylic acids is 2. The molecule has 0 fully saturated rings. The van der Waals surface area contributed by atoms with Crippen LogP contribution in [0.4, 0.5) is 5.69 Å². The number of benzene rings is 3. The molecule has 2 N–H and O–H groups in total. The molecule has 0 aliphatic carbocycles. The van der Waals surface area contributed by atoms with Crippen molar-refractivity contribution in [3.63, 3.8) is 0 Å². The van der Waals surface area contributed by atoms with Crippen molar-refractivity contribution in [3.8, 4) is 17.2 Å². The third kappa shape index (κ3) is 8.26. The number of halogens is 2. The van der Waals surface area contributed by atoms with Gasteiger partial charge in [0.1, 0.15) is 12.4 Å². The Bertz CT molecular complexity index is 1340. The van der Waals surface area contributed by atoms with E-state index in [1.54, 1.807) is 54.6 Å². The summed E-state index contributed by atoms with van der Waals surface area (Å²) in [6.07, 6.45) is 2.99. The minimum absolute atomic E-state index is 0.263. The Morgan fingerprint density at radius 2 is 1.76 bits per heavy atom. The molecule has 0 saturated heterocycles. The number of hydrazone groups is 1. The van der Waals surface area contributed by atoms with Crippen molar-refractivity contribution >= 4 is 46.9 Å². The summed E-state index contributed by atoms with van der Waals surface area (Å²) in [6.45, 7) is 7.78. The summed E-state index contributed by atoms with van der Waals surface area (Å²) < 4.78 is 16.8. The second-order valence-electron chi connectivity index (χ2n) is 7.88. The molecule has 3 aromatic carbocycles. The van der Waals surface area contributed by atoms with Crippen molar-refractivity contribution in [2.45, 2.75) is 13.8 Å². The van der Waals surface area contributed by atoms with E-state index in [0.717, 1.165) is 5.56 Å². The highest BCUT2D eigenvalue weighted by Gasteiger charge is 2.12. The Labute approximate surface area is 231 Å². The van der Waals surface area contributed by atoms with Gasteiger partial charge in [0, 0.05) is 26.9 Å². The Morgan fingerprint density at radius 1 is 0.974 bits per heavy atom. The number of amides is 2. The number of aryl methyl sites for hydroxylation is 1. The van der Waals surface area contributed by atoms with Crippen LogP contribution >= 0.6 is 23.2 Å². The second kappa shape index (κ2) is 14.1. The van der Waals surface area contributed by atoms with Crippen molar-refractivity contribution in [2.24, 2.45) is 5.10 Å². The van der Waals surface area contributed by atoms with Crippen LogP contribution in [0, 0.1) is 6.92 Å². The molecule has 0 aromatic heterocycles. The number of nitrogens with one attached hydrogen (secondary N) is 2. The molecule has 198 valence electrons. The van der Waals surface area contributed by atoms with Gasteiger partial charge in [-0.2, -0.15) is 5.10 Å². The lowest BCUT2D eigenvalue weighted by Crippen LogP contribution is -2.20. The van der Waals surface area contributed by atoms with Gasteiger partial charge in [0.2, 0.25) is 0 Å². The van der Waals surface area contributed by atoms with E-state index >= 15 is 0 Å². The van der Waals surface area contributed by atoms with E-state index in [1.165, 1.54) is 6.21 Å². The number of nitrogens with zero attached hydrogens (tertiary/aromatic N) is 1. The van der Waals surface area contributed by atoms with Crippen LogP contribution in [0.15, 0.2) is 72.4 Å². The first-order valence-electron chi connectivity index (χ1n) is 11.6. The van der Waals surface area contributed by atoms with Crippen molar-refractivity contribution in [2.75, 3.05) is 25.1 Å². The Hall–Kier alpha value is -4.01. The molecule has 0 aliphatic heterocycles. The van der Waals surface area contributed by atoms with Gasteiger partial charge < -0.3 is 19.5 Å². The molecule has 0 atom stereocenters. The number of ether oxygens (including phenoxy) is 3. The Kier molecular flexibility index (Phi) is 10.6. The predicted octanol–water partition coefficient (Wildman–Crippen LogP) is 6.05. The van der Waals surface area contributed by atoms with Gasteiger partial charge in [-0.25, -0.2) is 5.43 Å². The lowest BCUT2D eigenvalue weighted by atomic mass is 10.2. The van der Waals surface area contributed by atoms with E-state index in [2.05, 4.69) is 22.4 Å². The first-order chi connectivity index (χ1) is 18.3. The highest BCUT2D eigenvalue weighted by Crippen LogP contribution is 2.28. The molecule has 0 aliphatic rings. The fourth-order valence-electron chi connectivity index (χ4n) is 3.17. The highest BCUT2D eigenvalue weighted by atomic mass is 35.5. The van der Waals surface area contributed by atoms with Crippen LogP contribution in [-0.2, 0) is 4.79 Å². The van der Waals surface area contributed by atoms with E-state index in [0.29, 0.717) is 57.3 Å². The largest absolute Gasteiger partial charge is 0.490 e. The lowest BCUT2D eigenvalue weighted by Gasteiger charge is -2.12. The molecular weight excluding hydrogens is 529 g/mol. The molecule has 0 heterocycles. The van der Waals surface area contributed by atoms with Crippen LogP contribution in [0.2, 0.25) is 10.0 Å². The number of hydrogen-bond acceptors (Lipinski definition) is 6. The molecule has 0 saturated carbocycles. The molecule has 10 heteroatoms. The summed E-state index contributed by atoms with van der Waals surface area (Å²) in [6, 6.07) is 14.9. The van der Waals surface area contributed by atoms with Crippen LogP contribution in [-0.4, -0.2) is 37.8 Å². The average Bonchev–Trinajstić information content (AvgIpc) is 2.89. The third-order valence-corrected chi connectivity index (χ3v) is 5.66. The van der Waals surface area contributed by atoms with Gasteiger partial charge in [-0.05, 0) is 67.9 Å². The van der Waals surface area contributed by atoms with Gasteiger partial charge in [-0.1, -0.05) is 41.9 Å². The first-order valence-corrected chi connectivity index (χ1v) is 12.4. The van der Waals surface area contributed by atoms with Crippen LogP contribution < -0.4 is 25.0 Å². The number of hydrogen-bond donors (Lipinski definition) is 2. The quantitative estimate of drug-likeness (QED) is 0.161. The minimum atomic E-state index is -0.460. The molecule has 0 spiro atoms. The van der Waals surface area contributed by atoms with Crippen molar-refractivity contribution in [3.05, 3.63) is 94.0 Å². The zero-order chi connectivity index (χ0) is 27.5. The fourth-order valence-corrected chi connectivity index (χ4v) is 3.53. The molecule has 0 bridgehead atoms. The monoisotopic (exact) mass is 555 g/mol. The minimum Gasteiger partial charge on any atom is -0.490 e. The van der Waals surface area contributed by atoms with Gasteiger partial charge >= 0.3 is 0 Å². The second-order valence-corrected chi connectivity index (χ2v) is 8.72. The van der Waals surface area contributed by atoms with E-state index in [1.807, 2.05) is 19.9 Å². The SMILES string of the molecule is C=CCOc1ccc(C(=O)N/N=C/c2cc(Cl)ccc2OCC(=O)Nc2ccc(C)c(Cl)c2)cc1OCC. The van der Waals surface area contributed by atoms with Crippen molar-refractivity contribution in [1.82, 2.24) is 5.43 Å². The lowest BCUT2D eigenvalue weighted by molar-refractivity contribution is -0.118. The molecule has 0 unspecified atom stereocenters. The Morgan fingerprint density at radius 3 is 2.50 bits per heavy atom. The molecule has 0 radical (unpaired) electrons. The standard InChI is InChI=1S/C28H27Cl2N3O5/c1-4-12-37-25-10-7-19(14-26(25)36-5-2)28(35)33-31-16-20-13-21(29)8-11-24(20)38-17-27(34)32-22-9-6-18(3)23(30)15-22/h4,6-11,13-16H,1,5,12,17H2,2-3H3,(H,32,34)(H,33,35)/b31-16+. The summed E-state index contributed by atoms with van der Waals surface area (Å²) in [5.74, 6) is 0.455. The van der Waals surface area contributed by atoms with Crippen LogP contribution in [0.25, 0.3) is 0 Å². The van der Waals surface area contributed by atoms with E-state index in [-0.39, 0.29) is 12.5 Å². The summed E-state index contributed by atoms with van der Waals surface area (Å²) in [4.78, 5) is 25.0. The topological polar surface area (TPSA) is 98.3 Å². The molecule has 3 aromatic rings. The molecule has 2 amide bonds. The summed E-state index contributed by atoms with van der Waals surface area (Å²) >= 11 is 12.2. The summed E-state index contributed by atoms with van der Waals surface area (Å²) in [7, 11) is 0. The highest BCUT2D eigenvalue weighted by molar-refractivity contribution is 6.31. The van der Waals surface area contributed by atoms with E-state index in [4.69, 9.17) is 37.4 Å². The number of carbonyl (C=O) groups is 2. The normalized spacial score (nSPS) is 10.6. The van der Waals surface area contributed by atoms with Crippen molar-refractivity contribution < 1.29 is 23.8 Å². The summed E-state index contributed by atoms with van der Waals surface area (Å²) in [5.41, 5.74) is 4.71. The van der Waals surface area contributed by atoms with Gasteiger partial charge in [0.25, 0.3) is 11.8 Å². The maximum absolute atomic E-state index is 12.6. The molecule has 38 heavy (non-hydrogen) atoms. The number of anilines is 1. The van der Waals surface area contributed by atoms with Crippen LogP contribution in [0.1, 0.15) is 28.4 Å². The maximum Gasteiger partial charge on any atom is 0.271 e. The maximum atomic E-state index is 12.6. The molecule has 8 nitrogen and oxygen atoms in total. The first kappa shape index (κ1) is 28.6. The van der Waals surface area contributed by atoms with E-state index < -0.39 is 5.91 Å². The summed E-state index contributed by atoms with van der Waals surface area (Å²) in [5, 5.41) is 7.72. The average molecular weight is 556 g/mol. The fraction of sp³-hybridized carbons (Fsp3) is 0.179. The van der Waals surface area contributed by atoms with Gasteiger partial charge in [-0.15, -0.1) is 0 Å². The van der Waals surface area contributed by atoms with Gasteiger partial charge in [-0.3, -0.25) is 9.59 Å². The Balaban J connectivity index is 1.64. The molecule has 3 rings (SSSR count). The molecular formula is C28H27Cl2N3O5. The van der Waals surface area contributed by atoms with Crippen molar-refractivity contribution in [1.29, 1.82) is 0 Å². The van der Waals surface area contributed by atoms with E-state index in [9.17, 15) is 9.59 Å². The van der Waals surface area contributed by atoms with Crippen LogP contribution in [0.3, 0.4) is 0 Å². The van der Waals surface area contributed by atoms with Crippen LogP contribution in [0.5, 0.6) is 17.2 Å². The smallest absolute Gasteiger partial charge is 0.271 e. The zero-order valence-electron chi connectivity index (χ0n) is 20.9. The zero-order valence-corrected chi connectivity index (χ0v) is 22.4. The van der Waals surface area contributed by atoms with Gasteiger partial charge in [0.05, 0.1) is 12.8 Å². The number of rotatable bonds is 12.